The second-order valence-electron chi connectivity index (χ2n) is 4.32. The predicted molar refractivity (Wildman–Crippen MR) is 60.8 cm³/mol. The molecule has 0 radical (unpaired) electrons. The van der Waals surface area contributed by atoms with E-state index in [1.807, 2.05) is 23.9 Å². The normalized spacial score (nSPS) is 19.9. The van der Waals surface area contributed by atoms with Crippen LogP contribution in [0.25, 0.3) is 0 Å². The number of rotatable bonds is 4. The summed E-state index contributed by atoms with van der Waals surface area (Å²) in [5.41, 5.74) is 1.87. The molecule has 2 rings (SSSR count). The first-order chi connectivity index (χ1) is 7.79. The van der Waals surface area contributed by atoms with Crippen molar-refractivity contribution in [3.63, 3.8) is 0 Å². The molecule has 1 aromatic heterocycles. The van der Waals surface area contributed by atoms with E-state index in [1.165, 1.54) is 0 Å². The SMILES string of the molecule is Cn1cc(CNCC2CCOC2)cc1C#N. The lowest BCUT2D eigenvalue weighted by Crippen LogP contribution is -2.22. The summed E-state index contributed by atoms with van der Waals surface area (Å²) in [5, 5.41) is 12.2. The molecule has 1 unspecified atom stereocenters. The molecule has 1 saturated heterocycles. The number of ether oxygens (including phenoxy) is 1. The molecule has 86 valence electrons. The summed E-state index contributed by atoms with van der Waals surface area (Å²) in [6.45, 7) is 3.60. The van der Waals surface area contributed by atoms with E-state index in [4.69, 9.17) is 10.00 Å². The zero-order valence-electron chi connectivity index (χ0n) is 9.57. The van der Waals surface area contributed by atoms with Gasteiger partial charge >= 0.3 is 0 Å². The van der Waals surface area contributed by atoms with Crippen molar-refractivity contribution < 1.29 is 4.74 Å². The molecule has 0 aromatic carbocycles. The molecular formula is C12H17N3O. The highest BCUT2D eigenvalue weighted by Crippen LogP contribution is 2.11. The van der Waals surface area contributed by atoms with Gasteiger partial charge in [-0.2, -0.15) is 5.26 Å². The molecule has 4 nitrogen and oxygen atoms in total. The quantitative estimate of drug-likeness (QED) is 0.822. The predicted octanol–water partition coefficient (Wildman–Crippen LogP) is 1.02. The molecule has 0 spiro atoms. The van der Waals surface area contributed by atoms with Crippen LogP contribution in [0.5, 0.6) is 0 Å². The van der Waals surface area contributed by atoms with Crippen LogP contribution < -0.4 is 5.32 Å². The van der Waals surface area contributed by atoms with Crippen LogP contribution >= 0.6 is 0 Å². The maximum Gasteiger partial charge on any atom is 0.120 e. The van der Waals surface area contributed by atoms with E-state index in [2.05, 4.69) is 11.4 Å². The van der Waals surface area contributed by atoms with Crippen molar-refractivity contribution >= 4 is 0 Å². The van der Waals surface area contributed by atoms with Gasteiger partial charge in [0.25, 0.3) is 0 Å². The maximum atomic E-state index is 8.82. The Balaban J connectivity index is 1.78. The molecule has 1 N–H and O–H groups in total. The number of aromatic nitrogens is 1. The maximum absolute atomic E-state index is 8.82. The Bertz CT molecular complexity index is 385. The van der Waals surface area contributed by atoms with Gasteiger partial charge in [-0.1, -0.05) is 0 Å². The van der Waals surface area contributed by atoms with Crippen LogP contribution in [0.1, 0.15) is 17.7 Å². The molecule has 1 atom stereocenters. The van der Waals surface area contributed by atoms with Gasteiger partial charge in [-0.15, -0.1) is 0 Å². The van der Waals surface area contributed by atoms with E-state index >= 15 is 0 Å². The van der Waals surface area contributed by atoms with Gasteiger partial charge in [-0.3, -0.25) is 0 Å². The molecule has 0 saturated carbocycles. The van der Waals surface area contributed by atoms with Crippen LogP contribution in [0.4, 0.5) is 0 Å². The number of nitrogens with one attached hydrogen (secondary N) is 1. The zero-order valence-corrected chi connectivity index (χ0v) is 9.57. The van der Waals surface area contributed by atoms with E-state index in [0.29, 0.717) is 11.6 Å². The van der Waals surface area contributed by atoms with Crippen LogP contribution in [0.15, 0.2) is 12.3 Å². The summed E-state index contributed by atoms with van der Waals surface area (Å²) < 4.78 is 7.17. The third kappa shape index (κ3) is 2.63. The van der Waals surface area contributed by atoms with Crippen LogP contribution in [0.2, 0.25) is 0 Å². The molecule has 1 aromatic rings. The van der Waals surface area contributed by atoms with Crippen molar-refractivity contribution in [3.05, 3.63) is 23.5 Å². The van der Waals surface area contributed by atoms with Crippen molar-refractivity contribution in [2.45, 2.75) is 13.0 Å². The van der Waals surface area contributed by atoms with Crippen LogP contribution in [-0.4, -0.2) is 24.3 Å². The lowest BCUT2D eigenvalue weighted by molar-refractivity contribution is 0.185. The first kappa shape index (κ1) is 11.2. The van der Waals surface area contributed by atoms with Crippen molar-refractivity contribution in [2.24, 2.45) is 13.0 Å². The van der Waals surface area contributed by atoms with Gasteiger partial charge in [0, 0.05) is 32.9 Å². The smallest absolute Gasteiger partial charge is 0.120 e. The van der Waals surface area contributed by atoms with Gasteiger partial charge in [0.1, 0.15) is 11.8 Å². The average Bonchev–Trinajstić information content (AvgIpc) is 2.88. The lowest BCUT2D eigenvalue weighted by atomic mass is 10.1. The minimum absolute atomic E-state index is 0.652. The number of nitrogens with zero attached hydrogens (tertiary/aromatic N) is 2. The second kappa shape index (κ2) is 5.15. The molecule has 1 aliphatic rings. The molecule has 0 bridgehead atoms. The summed E-state index contributed by atoms with van der Waals surface area (Å²) in [6.07, 6.45) is 3.15. The van der Waals surface area contributed by atoms with Gasteiger partial charge in [0.2, 0.25) is 0 Å². The zero-order chi connectivity index (χ0) is 11.4. The van der Waals surface area contributed by atoms with E-state index < -0.39 is 0 Å². The standard InChI is InChI=1S/C12H17N3O/c1-15-8-11(4-12(15)5-13)7-14-6-10-2-3-16-9-10/h4,8,10,14H,2-3,6-7,9H2,1H3. The Kier molecular flexibility index (Phi) is 3.60. The second-order valence-corrected chi connectivity index (χ2v) is 4.32. The van der Waals surface area contributed by atoms with E-state index in [1.54, 1.807) is 0 Å². The number of hydrogen-bond acceptors (Lipinski definition) is 3. The fraction of sp³-hybridized carbons (Fsp3) is 0.583. The molecule has 0 aliphatic carbocycles. The van der Waals surface area contributed by atoms with Gasteiger partial charge in [0.05, 0.1) is 6.61 Å². The number of hydrogen-bond donors (Lipinski definition) is 1. The highest BCUT2D eigenvalue weighted by Gasteiger charge is 2.14. The fourth-order valence-corrected chi connectivity index (χ4v) is 2.01. The number of aryl methyl sites for hydroxylation is 1. The van der Waals surface area contributed by atoms with Crippen LogP contribution in [-0.2, 0) is 18.3 Å². The molecule has 0 amide bonds. The van der Waals surface area contributed by atoms with E-state index in [-0.39, 0.29) is 0 Å². The molecule has 4 heteroatoms. The van der Waals surface area contributed by atoms with Gasteiger partial charge in [-0.25, -0.2) is 0 Å². The summed E-state index contributed by atoms with van der Waals surface area (Å²) in [6, 6.07) is 4.09. The number of nitriles is 1. The van der Waals surface area contributed by atoms with Gasteiger partial charge < -0.3 is 14.6 Å². The molecule has 16 heavy (non-hydrogen) atoms. The Morgan fingerprint density at radius 2 is 2.56 bits per heavy atom. The van der Waals surface area contributed by atoms with E-state index in [9.17, 15) is 0 Å². The average molecular weight is 219 g/mol. The first-order valence-electron chi connectivity index (χ1n) is 5.63. The van der Waals surface area contributed by atoms with Crippen molar-refractivity contribution in [1.29, 1.82) is 5.26 Å². The summed E-state index contributed by atoms with van der Waals surface area (Å²) >= 11 is 0. The van der Waals surface area contributed by atoms with Gasteiger partial charge in [-0.05, 0) is 24.0 Å². The minimum Gasteiger partial charge on any atom is -0.381 e. The largest absolute Gasteiger partial charge is 0.381 e. The van der Waals surface area contributed by atoms with Crippen molar-refractivity contribution in [3.8, 4) is 6.07 Å². The Morgan fingerprint density at radius 3 is 3.19 bits per heavy atom. The monoisotopic (exact) mass is 219 g/mol. The van der Waals surface area contributed by atoms with Gasteiger partial charge in [0.15, 0.2) is 0 Å². The highest BCUT2D eigenvalue weighted by molar-refractivity contribution is 5.28. The molecule has 1 fully saturated rings. The Labute approximate surface area is 95.8 Å². The van der Waals surface area contributed by atoms with Crippen molar-refractivity contribution in [1.82, 2.24) is 9.88 Å². The highest BCUT2D eigenvalue weighted by atomic mass is 16.5. The first-order valence-corrected chi connectivity index (χ1v) is 5.63. The van der Waals surface area contributed by atoms with Crippen LogP contribution in [0, 0.1) is 17.2 Å². The van der Waals surface area contributed by atoms with Crippen LogP contribution in [0.3, 0.4) is 0 Å². The van der Waals surface area contributed by atoms with Crippen molar-refractivity contribution in [2.75, 3.05) is 19.8 Å². The summed E-state index contributed by atoms with van der Waals surface area (Å²) in [7, 11) is 1.90. The minimum atomic E-state index is 0.652. The molecule has 1 aliphatic heterocycles. The molecular weight excluding hydrogens is 202 g/mol. The lowest BCUT2D eigenvalue weighted by Gasteiger charge is -2.07. The van der Waals surface area contributed by atoms with E-state index in [0.717, 1.165) is 38.3 Å². The third-order valence-corrected chi connectivity index (χ3v) is 2.96. The Hall–Kier alpha value is -1.31. The fourth-order valence-electron chi connectivity index (χ4n) is 2.01. The third-order valence-electron chi connectivity index (χ3n) is 2.96. The molecule has 2 heterocycles. The topological polar surface area (TPSA) is 50.0 Å². The summed E-state index contributed by atoms with van der Waals surface area (Å²) in [4.78, 5) is 0. The summed E-state index contributed by atoms with van der Waals surface area (Å²) in [5.74, 6) is 0.652. The Morgan fingerprint density at radius 1 is 1.69 bits per heavy atom.